The maximum Gasteiger partial charge on any atom is 0.242 e. The summed E-state index contributed by atoms with van der Waals surface area (Å²) in [6.45, 7) is -0.0928. The number of nitrogens with zero attached hydrogens (tertiary/aromatic N) is 3. The summed E-state index contributed by atoms with van der Waals surface area (Å²) in [5.74, 6) is 0.557. The molecule has 136 valence electrons. The van der Waals surface area contributed by atoms with E-state index < -0.39 is 10.0 Å². The number of nitrogens with one attached hydrogen (secondary N) is 2. The number of hydrogen-bond donors (Lipinski definition) is 2. The van der Waals surface area contributed by atoms with Gasteiger partial charge in [-0.15, -0.1) is 0 Å². The highest BCUT2D eigenvalue weighted by atomic mass is 32.2. The molecule has 4 rings (SSSR count). The van der Waals surface area contributed by atoms with Gasteiger partial charge in [0.15, 0.2) is 0 Å². The van der Waals surface area contributed by atoms with Crippen LogP contribution < -0.4 is 4.72 Å². The van der Waals surface area contributed by atoms with Crippen molar-refractivity contribution in [2.24, 2.45) is 0 Å². The predicted molar refractivity (Wildman–Crippen MR) is 97.8 cm³/mol. The summed E-state index contributed by atoms with van der Waals surface area (Å²) >= 11 is 0. The van der Waals surface area contributed by atoms with Gasteiger partial charge in [0.25, 0.3) is 0 Å². The lowest BCUT2D eigenvalue weighted by Crippen LogP contribution is -2.23. The lowest BCUT2D eigenvalue weighted by Gasteiger charge is -2.03. The standard InChI is InChI=1S/C18H15N5O3S/c24-27(25,15-7-2-1-3-8-15)20-12-17-21-18(23-26-17)14-6-4-5-13(11-14)16-9-10-19-22-16/h1-11,20H,12H2,(H,19,22). The molecule has 0 saturated heterocycles. The fourth-order valence-corrected chi connectivity index (χ4v) is 3.52. The molecule has 0 aliphatic rings. The van der Waals surface area contributed by atoms with E-state index in [1.54, 1.807) is 24.4 Å². The number of aromatic nitrogens is 4. The van der Waals surface area contributed by atoms with Crippen LogP contribution in [0.2, 0.25) is 0 Å². The largest absolute Gasteiger partial charge is 0.338 e. The van der Waals surface area contributed by atoms with E-state index in [2.05, 4.69) is 25.1 Å². The van der Waals surface area contributed by atoms with E-state index in [-0.39, 0.29) is 17.3 Å². The van der Waals surface area contributed by atoms with E-state index >= 15 is 0 Å². The Labute approximate surface area is 155 Å². The average molecular weight is 381 g/mol. The second kappa shape index (κ2) is 7.14. The third-order valence-electron chi connectivity index (χ3n) is 3.87. The molecule has 0 bridgehead atoms. The number of sulfonamides is 1. The quantitative estimate of drug-likeness (QED) is 0.531. The Morgan fingerprint density at radius 2 is 1.81 bits per heavy atom. The molecule has 2 aromatic heterocycles. The first-order valence-corrected chi connectivity index (χ1v) is 9.58. The molecule has 27 heavy (non-hydrogen) atoms. The first kappa shape index (κ1) is 17.1. The summed E-state index contributed by atoms with van der Waals surface area (Å²) in [5, 5.41) is 10.8. The van der Waals surface area contributed by atoms with Crippen LogP contribution in [0.1, 0.15) is 5.89 Å². The maximum absolute atomic E-state index is 12.2. The van der Waals surface area contributed by atoms with Crippen LogP contribution in [0.3, 0.4) is 0 Å². The molecule has 0 atom stereocenters. The van der Waals surface area contributed by atoms with Crippen molar-refractivity contribution in [3.8, 4) is 22.6 Å². The molecular weight excluding hydrogens is 366 g/mol. The summed E-state index contributed by atoms with van der Waals surface area (Å²) in [4.78, 5) is 4.45. The molecule has 0 amide bonds. The lowest BCUT2D eigenvalue weighted by molar-refractivity contribution is 0.376. The Hall–Kier alpha value is -3.30. The summed E-state index contributed by atoms with van der Waals surface area (Å²) in [6, 6.07) is 17.5. The van der Waals surface area contributed by atoms with Crippen molar-refractivity contribution in [2.45, 2.75) is 11.4 Å². The van der Waals surface area contributed by atoms with E-state index in [4.69, 9.17) is 4.52 Å². The molecule has 0 radical (unpaired) electrons. The first-order chi connectivity index (χ1) is 13.1. The normalized spacial score (nSPS) is 11.6. The summed E-state index contributed by atoms with van der Waals surface area (Å²) < 4.78 is 32.1. The van der Waals surface area contributed by atoms with Gasteiger partial charge in [0, 0.05) is 17.3 Å². The zero-order valence-corrected chi connectivity index (χ0v) is 14.8. The molecule has 2 heterocycles. The molecule has 9 heteroatoms. The SMILES string of the molecule is O=S(=O)(NCc1nc(-c2cccc(-c3ccn[nH]3)c2)no1)c1ccccc1. The van der Waals surface area contributed by atoms with Gasteiger partial charge < -0.3 is 4.52 Å². The van der Waals surface area contributed by atoms with Crippen LogP contribution in [-0.2, 0) is 16.6 Å². The number of aromatic amines is 1. The molecule has 2 N–H and O–H groups in total. The first-order valence-electron chi connectivity index (χ1n) is 8.09. The van der Waals surface area contributed by atoms with Crippen LogP contribution in [0.25, 0.3) is 22.6 Å². The van der Waals surface area contributed by atoms with Gasteiger partial charge in [0.1, 0.15) is 0 Å². The third-order valence-corrected chi connectivity index (χ3v) is 5.28. The molecular formula is C18H15N5O3S. The van der Waals surface area contributed by atoms with Gasteiger partial charge in [-0.1, -0.05) is 41.6 Å². The van der Waals surface area contributed by atoms with Crippen LogP contribution in [0.15, 0.2) is 76.3 Å². The molecule has 0 spiro atoms. The molecule has 0 aliphatic carbocycles. The molecule has 0 saturated carbocycles. The van der Waals surface area contributed by atoms with Gasteiger partial charge in [0.2, 0.25) is 21.7 Å². The zero-order chi connectivity index (χ0) is 18.7. The van der Waals surface area contributed by atoms with Crippen LogP contribution in [0.5, 0.6) is 0 Å². The van der Waals surface area contributed by atoms with E-state index in [1.165, 1.54) is 12.1 Å². The van der Waals surface area contributed by atoms with Crippen molar-refractivity contribution in [1.29, 1.82) is 0 Å². The summed E-state index contributed by atoms with van der Waals surface area (Å²) in [7, 11) is -3.64. The van der Waals surface area contributed by atoms with E-state index in [1.807, 2.05) is 30.3 Å². The van der Waals surface area contributed by atoms with Crippen molar-refractivity contribution in [3.05, 3.63) is 72.8 Å². The summed E-state index contributed by atoms with van der Waals surface area (Å²) in [6.07, 6.45) is 1.67. The van der Waals surface area contributed by atoms with Gasteiger partial charge in [-0.05, 0) is 24.3 Å². The smallest absolute Gasteiger partial charge is 0.242 e. The van der Waals surface area contributed by atoms with Crippen molar-refractivity contribution in [1.82, 2.24) is 25.1 Å². The monoisotopic (exact) mass is 381 g/mol. The van der Waals surface area contributed by atoms with Gasteiger partial charge in [-0.3, -0.25) is 5.10 Å². The number of H-pyrrole nitrogens is 1. The van der Waals surface area contributed by atoms with Gasteiger partial charge in [0.05, 0.1) is 17.1 Å². The molecule has 8 nitrogen and oxygen atoms in total. The van der Waals surface area contributed by atoms with Gasteiger partial charge in [-0.2, -0.15) is 10.1 Å². The second-order valence-corrected chi connectivity index (χ2v) is 7.47. The second-order valence-electron chi connectivity index (χ2n) is 5.70. The third kappa shape index (κ3) is 3.78. The summed E-state index contributed by atoms with van der Waals surface area (Å²) in [5.41, 5.74) is 2.56. The predicted octanol–water partition coefficient (Wildman–Crippen LogP) is 2.61. The van der Waals surface area contributed by atoms with Crippen LogP contribution in [0, 0.1) is 0 Å². The number of hydrogen-bond acceptors (Lipinski definition) is 6. The fourth-order valence-electron chi connectivity index (χ4n) is 2.53. The minimum atomic E-state index is -3.64. The molecule has 2 aromatic carbocycles. The maximum atomic E-state index is 12.2. The Balaban J connectivity index is 1.50. The van der Waals surface area contributed by atoms with E-state index in [9.17, 15) is 8.42 Å². The minimum absolute atomic E-state index is 0.0928. The van der Waals surface area contributed by atoms with Crippen LogP contribution in [0.4, 0.5) is 0 Å². The Morgan fingerprint density at radius 3 is 2.59 bits per heavy atom. The van der Waals surface area contributed by atoms with Crippen LogP contribution >= 0.6 is 0 Å². The van der Waals surface area contributed by atoms with Gasteiger partial charge >= 0.3 is 0 Å². The molecule has 0 unspecified atom stereocenters. The van der Waals surface area contributed by atoms with Crippen molar-refractivity contribution in [2.75, 3.05) is 0 Å². The topological polar surface area (TPSA) is 114 Å². The molecule has 4 aromatic rings. The highest BCUT2D eigenvalue weighted by Gasteiger charge is 2.16. The molecule has 0 fully saturated rings. The van der Waals surface area contributed by atoms with Crippen LogP contribution in [-0.4, -0.2) is 28.8 Å². The number of benzene rings is 2. The van der Waals surface area contributed by atoms with E-state index in [0.717, 1.165) is 16.8 Å². The Bertz CT molecular complexity index is 1140. The molecule has 0 aliphatic heterocycles. The van der Waals surface area contributed by atoms with Crippen molar-refractivity contribution >= 4 is 10.0 Å². The average Bonchev–Trinajstić information content (AvgIpc) is 3.40. The van der Waals surface area contributed by atoms with Gasteiger partial charge in [-0.25, -0.2) is 13.1 Å². The zero-order valence-electron chi connectivity index (χ0n) is 14.0. The minimum Gasteiger partial charge on any atom is -0.338 e. The highest BCUT2D eigenvalue weighted by molar-refractivity contribution is 7.89. The van der Waals surface area contributed by atoms with Crippen molar-refractivity contribution < 1.29 is 12.9 Å². The lowest BCUT2D eigenvalue weighted by atomic mass is 10.1. The Kier molecular flexibility index (Phi) is 4.53. The Morgan fingerprint density at radius 1 is 1.00 bits per heavy atom. The highest BCUT2D eigenvalue weighted by Crippen LogP contribution is 2.23. The number of rotatable bonds is 6. The van der Waals surface area contributed by atoms with Crippen molar-refractivity contribution in [3.63, 3.8) is 0 Å². The van der Waals surface area contributed by atoms with E-state index in [0.29, 0.717) is 5.82 Å². The fraction of sp³-hybridized carbons (Fsp3) is 0.0556.